The van der Waals surface area contributed by atoms with Crippen molar-refractivity contribution >= 4 is 43.6 Å². The summed E-state index contributed by atoms with van der Waals surface area (Å²) in [4.78, 5) is 8.79. The Balaban J connectivity index is 1.09. The lowest BCUT2D eigenvalue weighted by molar-refractivity contribution is 0.492. The van der Waals surface area contributed by atoms with Crippen LogP contribution in [0.25, 0.3) is 55.0 Å². The maximum atomic E-state index is 4.39. The minimum absolute atomic E-state index is 0.472. The van der Waals surface area contributed by atoms with Crippen LogP contribution in [0.3, 0.4) is 0 Å². The van der Waals surface area contributed by atoms with Crippen LogP contribution >= 0.6 is 0 Å². The average molecular weight is 583 g/mol. The Hall–Kier alpha value is -5.22. The van der Waals surface area contributed by atoms with Crippen LogP contribution in [0.15, 0.2) is 134 Å². The molecular weight excluding hydrogens is 548 g/mol. The van der Waals surface area contributed by atoms with E-state index in [1.54, 1.807) is 0 Å². The molecule has 45 heavy (non-hydrogen) atoms. The Morgan fingerprint density at radius 2 is 0.867 bits per heavy atom. The zero-order chi connectivity index (χ0) is 30.1. The van der Waals surface area contributed by atoms with Crippen molar-refractivity contribution < 1.29 is 0 Å². The normalized spacial score (nSPS) is 20.1. The molecular formula is C41H34N4. The van der Waals surface area contributed by atoms with Crippen molar-refractivity contribution in [2.45, 2.75) is 32.1 Å². The second-order valence-corrected chi connectivity index (χ2v) is 12.9. The smallest absolute Gasteiger partial charge is 0.0572 e. The fourth-order valence-corrected chi connectivity index (χ4v) is 8.54. The van der Waals surface area contributed by atoms with E-state index in [2.05, 4.69) is 142 Å². The van der Waals surface area contributed by atoms with Gasteiger partial charge in [-0.1, -0.05) is 74.5 Å². The topological polar surface area (TPSA) is 35.6 Å². The van der Waals surface area contributed by atoms with Crippen molar-refractivity contribution in [3.63, 3.8) is 0 Å². The van der Waals surface area contributed by atoms with Gasteiger partial charge in [-0.3, -0.25) is 9.97 Å². The average Bonchev–Trinajstić information content (AvgIpc) is 3.71. The molecule has 8 aromatic rings. The molecule has 4 heterocycles. The number of para-hydroxylation sites is 2. The molecule has 4 heteroatoms. The molecule has 0 saturated heterocycles. The highest BCUT2D eigenvalue weighted by atomic mass is 15.0. The molecule has 0 N–H and O–H groups in total. The molecule has 4 aromatic carbocycles. The zero-order valence-corrected chi connectivity index (χ0v) is 25.5. The van der Waals surface area contributed by atoms with Gasteiger partial charge in [0.05, 0.1) is 22.1 Å². The molecule has 0 radical (unpaired) electrons. The fraction of sp³-hybridized carbons (Fsp3) is 0.171. The van der Waals surface area contributed by atoms with Crippen molar-refractivity contribution in [3.05, 3.63) is 145 Å². The summed E-state index contributed by atoms with van der Waals surface area (Å²) in [6.45, 7) is 4.88. The minimum atomic E-state index is 0.472. The maximum absolute atomic E-state index is 4.39. The third-order valence-electron chi connectivity index (χ3n) is 10.4. The Morgan fingerprint density at radius 1 is 0.467 bits per heavy atom. The van der Waals surface area contributed by atoms with E-state index >= 15 is 0 Å². The van der Waals surface area contributed by atoms with Gasteiger partial charge in [0, 0.05) is 57.7 Å². The molecule has 1 aliphatic carbocycles. The summed E-state index contributed by atoms with van der Waals surface area (Å²) in [7, 11) is 0. The summed E-state index contributed by atoms with van der Waals surface area (Å²) in [5.41, 5.74) is 10.1. The Labute approximate surface area is 262 Å². The summed E-state index contributed by atoms with van der Waals surface area (Å²) in [6, 6.07) is 40.4. The van der Waals surface area contributed by atoms with Crippen LogP contribution in [-0.4, -0.2) is 19.1 Å². The summed E-state index contributed by atoms with van der Waals surface area (Å²) in [5, 5.41) is 4.86. The van der Waals surface area contributed by atoms with Gasteiger partial charge >= 0.3 is 0 Å². The quantitative estimate of drug-likeness (QED) is 0.207. The summed E-state index contributed by atoms with van der Waals surface area (Å²) in [5.74, 6) is 2.17. The number of pyridine rings is 2. The number of fused-ring (bicyclic) bond motifs is 6. The molecule has 4 atom stereocenters. The lowest BCUT2D eigenvalue weighted by Gasteiger charge is -2.26. The van der Waals surface area contributed by atoms with Crippen molar-refractivity contribution in [2.75, 3.05) is 0 Å². The van der Waals surface area contributed by atoms with E-state index in [0.29, 0.717) is 23.7 Å². The van der Waals surface area contributed by atoms with Crippen LogP contribution in [0.1, 0.15) is 43.2 Å². The molecule has 4 nitrogen and oxygen atoms in total. The highest BCUT2D eigenvalue weighted by Crippen LogP contribution is 2.53. The SMILES string of the molecule is CC1CC(C)[C@H](c2ccc(-n3c4ccccc4c4ccccc43)cc2)C1c1ccc(-n2c3ccncc3c3cnccc32)cc1. The second kappa shape index (κ2) is 10.2. The largest absolute Gasteiger partial charge is 0.309 e. The minimum Gasteiger partial charge on any atom is -0.309 e. The van der Waals surface area contributed by atoms with Gasteiger partial charge in [-0.05, 0) is 89.8 Å². The van der Waals surface area contributed by atoms with Crippen LogP contribution in [0.5, 0.6) is 0 Å². The monoisotopic (exact) mass is 582 g/mol. The van der Waals surface area contributed by atoms with Gasteiger partial charge in [0.2, 0.25) is 0 Å². The standard InChI is InChI=1S/C41H34N4/c1-26-23-27(2)41(29-13-17-31(18-14-29)45-38-19-21-42-24-34(38)35-25-43-22-20-39(35)45)40(26)28-11-15-30(16-12-28)44-36-9-5-3-7-32(36)33-8-4-6-10-37(33)44/h3-22,24-27,40-41H,23H2,1-2H3/t26?,27?,40-,41?/m1/s1. The molecule has 0 bridgehead atoms. The van der Waals surface area contributed by atoms with E-state index in [1.165, 1.54) is 50.7 Å². The molecule has 0 aliphatic heterocycles. The number of benzene rings is 4. The van der Waals surface area contributed by atoms with Crippen molar-refractivity contribution in [1.82, 2.24) is 19.1 Å². The number of hydrogen-bond donors (Lipinski definition) is 0. The summed E-state index contributed by atoms with van der Waals surface area (Å²) in [6.07, 6.45) is 8.88. The van der Waals surface area contributed by atoms with Crippen LogP contribution in [0, 0.1) is 11.8 Å². The number of nitrogens with zero attached hydrogens (tertiary/aromatic N) is 4. The van der Waals surface area contributed by atoms with Gasteiger partial charge in [0.1, 0.15) is 0 Å². The van der Waals surface area contributed by atoms with Gasteiger partial charge in [-0.2, -0.15) is 0 Å². The van der Waals surface area contributed by atoms with Gasteiger partial charge in [-0.25, -0.2) is 0 Å². The van der Waals surface area contributed by atoms with E-state index in [-0.39, 0.29) is 0 Å². The molecule has 0 spiro atoms. The van der Waals surface area contributed by atoms with Crippen molar-refractivity contribution in [1.29, 1.82) is 0 Å². The predicted molar refractivity (Wildman–Crippen MR) is 186 cm³/mol. The van der Waals surface area contributed by atoms with E-state index in [9.17, 15) is 0 Å². The number of rotatable bonds is 4. The highest BCUT2D eigenvalue weighted by molar-refractivity contribution is 6.09. The lowest BCUT2D eigenvalue weighted by atomic mass is 9.78. The first kappa shape index (κ1) is 26.2. The van der Waals surface area contributed by atoms with E-state index in [1.807, 2.05) is 24.8 Å². The van der Waals surface area contributed by atoms with E-state index in [0.717, 1.165) is 21.8 Å². The van der Waals surface area contributed by atoms with Crippen molar-refractivity contribution in [2.24, 2.45) is 11.8 Å². The molecule has 4 aromatic heterocycles. The second-order valence-electron chi connectivity index (χ2n) is 12.9. The van der Waals surface area contributed by atoms with E-state index < -0.39 is 0 Å². The van der Waals surface area contributed by atoms with Crippen LogP contribution in [0.2, 0.25) is 0 Å². The molecule has 1 fully saturated rings. The Bertz CT molecular complexity index is 2070. The highest BCUT2D eigenvalue weighted by Gasteiger charge is 2.40. The van der Waals surface area contributed by atoms with Gasteiger partial charge in [0.15, 0.2) is 0 Å². The van der Waals surface area contributed by atoms with Crippen molar-refractivity contribution in [3.8, 4) is 11.4 Å². The Morgan fingerprint density at radius 3 is 1.31 bits per heavy atom. The van der Waals surface area contributed by atoms with Gasteiger partial charge in [0.25, 0.3) is 0 Å². The summed E-state index contributed by atoms with van der Waals surface area (Å²) >= 11 is 0. The lowest BCUT2D eigenvalue weighted by Crippen LogP contribution is -2.13. The van der Waals surface area contributed by atoms with Gasteiger partial charge in [-0.15, -0.1) is 0 Å². The first-order valence-electron chi connectivity index (χ1n) is 16.0. The maximum Gasteiger partial charge on any atom is 0.0572 e. The summed E-state index contributed by atoms with van der Waals surface area (Å²) < 4.78 is 4.75. The Kier molecular flexibility index (Phi) is 5.92. The molecule has 0 amide bonds. The van der Waals surface area contributed by atoms with Gasteiger partial charge < -0.3 is 9.13 Å². The number of hydrogen-bond acceptors (Lipinski definition) is 2. The van der Waals surface area contributed by atoms with Crippen LogP contribution in [0.4, 0.5) is 0 Å². The first-order chi connectivity index (χ1) is 22.2. The third-order valence-corrected chi connectivity index (χ3v) is 10.4. The zero-order valence-electron chi connectivity index (χ0n) is 25.5. The fourth-order valence-electron chi connectivity index (χ4n) is 8.54. The molecule has 3 unspecified atom stereocenters. The number of aromatic nitrogens is 4. The first-order valence-corrected chi connectivity index (χ1v) is 16.0. The van der Waals surface area contributed by atoms with Crippen LogP contribution < -0.4 is 0 Å². The third kappa shape index (κ3) is 3.98. The van der Waals surface area contributed by atoms with E-state index in [4.69, 9.17) is 0 Å². The predicted octanol–water partition coefficient (Wildman–Crippen LogP) is 10.2. The molecule has 218 valence electrons. The molecule has 1 aliphatic rings. The van der Waals surface area contributed by atoms with Crippen LogP contribution in [-0.2, 0) is 0 Å². The molecule has 9 rings (SSSR count). The molecule has 1 saturated carbocycles.